The molecule has 1 unspecified atom stereocenters. The van der Waals surface area contributed by atoms with E-state index in [0.29, 0.717) is 18.7 Å². The normalized spacial score (nSPS) is 15.1. The lowest BCUT2D eigenvalue weighted by molar-refractivity contribution is -0.137. The standard InChI is InChI=1S/C28H30N4O4/c33-26(19-32-24-6-2-1-5-23(24)22(17-28(35)36)12-13-27(32)34)31-18-21-10-8-20(9-11-21)14-16-30-25-7-3-4-15-29-25/h1-11,15,22H,12-14,16-19H2,(H,29,30)(H,31,33)(H,35,36). The topological polar surface area (TPSA) is 112 Å². The summed E-state index contributed by atoms with van der Waals surface area (Å²) in [6.45, 7) is 1.02. The summed E-state index contributed by atoms with van der Waals surface area (Å²) in [5.41, 5.74) is 3.56. The van der Waals surface area contributed by atoms with Gasteiger partial charge in [0, 0.05) is 31.4 Å². The van der Waals surface area contributed by atoms with Gasteiger partial charge in [-0.15, -0.1) is 0 Å². The van der Waals surface area contributed by atoms with Gasteiger partial charge in [0.1, 0.15) is 12.4 Å². The molecule has 8 nitrogen and oxygen atoms in total. The number of para-hydroxylation sites is 1. The van der Waals surface area contributed by atoms with Crippen LogP contribution in [0.3, 0.4) is 0 Å². The third-order valence-electron chi connectivity index (χ3n) is 6.30. The molecule has 0 saturated heterocycles. The summed E-state index contributed by atoms with van der Waals surface area (Å²) in [7, 11) is 0. The van der Waals surface area contributed by atoms with Crippen LogP contribution in [0.15, 0.2) is 72.9 Å². The Morgan fingerprint density at radius 2 is 1.75 bits per heavy atom. The van der Waals surface area contributed by atoms with Crippen molar-refractivity contribution in [2.24, 2.45) is 0 Å². The number of carbonyl (C=O) groups excluding carboxylic acids is 2. The Morgan fingerprint density at radius 3 is 2.50 bits per heavy atom. The van der Waals surface area contributed by atoms with Crippen LogP contribution in [0, 0.1) is 0 Å². The van der Waals surface area contributed by atoms with E-state index in [2.05, 4.69) is 15.6 Å². The van der Waals surface area contributed by atoms with Gasteiger partial charge in [-0.3, -0.25) is 14.4 Å². The van der Waals surface area contributed by atoms with Crippen molar-refractivity contribution in [2.75, 3.05) is 23.3 Å². The molecule has 2 heterocycles. The molecule has 8 heteroatoms. The van der Waals surface area contributed by atoms with Gasteiger partial charge in [-0.2, -0.15) is 0 Å². The Balaban J connectivity index is 1.31. The molecule has 0 fully saturated rings. The van der Waals surface area contributed by atoms with Gasteiger partial charge in [-0.25, -0.2) is 4.98 Å². The van der Waals surface area contributed by atoms with Crippen LogP contribution in [0.2, 0.25) is 0 Å². The van der Waals surface area contributed by atoms with Crippen LogP contribution in [0.1, 0.15) is 41.9 Å². The number of carbonyl (C=O) groups is 3. The molecule has 3 N–H and O–H groups in total. The highest BCUT2D eigenvalue weighted by molar-refractivity contribution is 6.00. The highest BCUT2D eigenvalue weighted by atomic mass is 16.4. The Hall–Kier alpha value is -4.20. The first-order valence-electron chi connectivity index (χ1n) is 12.1. The second kappa shape index (κ2) is 12.0. The van der Waals surface area contributed by atoms with Gasteiger partial charge in [0.2, 0.25) is 11.8 Å². The van der Waals surface area contributed by atoms with E-state index in [-0.39, 0.29) is 37.1 Å². The van der Waals surface area contributed by atoms with Gasteiger partial charge in [-0.05, 0) is 53.6 Å². The average molecular weight is 487 g/mol. The number of pyridine rings is 1. The molecule has 0 saturated carbocycles. The highest BCUT2D eigenvalue weighted by Crippen LogP contribution is 2.36. The lowest BCUT2D eigenvalue weighted by Gasteiger charge is -2.23. The number of hydrogen-bond donors (Lipinski definition) is 3. The predicted octanol–water partition coefficient (Wildman–Crippen LogP) is 3.74. The average Bonchev–Trinajstić information content (AvgIpc) is 3.01. The first kappa shape index (κ1) is 24.9. The summed E-state index contributed by atoms with van der Waals surface area (Å²) in [4.78, 5) is 42.6. The smallest absolute Gasteiger partial charge is 0.303 e. The van der Waals surface area contributed by atoms with Crippen LogP contribution in [-0.2, 0) is 27.3 Å². The van der Waals surface area contributed by atoms with E-state index in [4.69, 9.17) is 0 Å². The third kappa shape index (κ3) is 6.69. The van der Waals surface area contributed by atoms with Crippen molar-refractivity contribution in [3.8, 4) is 0 Å². The first-order valence-corrected chi connectivity index (χ1v) is 12.1. The Bertz CT molecular complexity index is 1200. The number of benzene rings is 2. The minimum atomic E-state index is -0.899. The van der Waals surface area contributed by atoms with Crippen molar-refractivity contribution in [2.45, 2.75) is 38.1 Å². The Labute approximate surface area is 210 Å². The molecular weight excluding hydrogens is 456 g/mol. The summed E-state index contributed by atoms with van der Waals surface area (Å²) >= 11 is 0. The van der Waals surface area contributed by atoms with Crippen molar-refractivity contribution < 1.29 is 19.5 Å². The number of hydrogen-bond acceptors (Lipinski definition) is 5. The van der Waals surface area contributed by atoms with Crippen LogP contribution in [0.25, 0.3) is 0 Å². The fourth-order valence-corrected chi connectivity index (χ4v) is 4.42. The van der Waals surface area contributed by atoms with Gasteiger partial charge < -0.3 is 20.6 Å². The maximum Gasteiger partial charge on any atom is 0.303 e. The van der Waals surface area contributed by atoms with Gasteiger partial charge >= 0.3 is 5.97 Å². The zero-order chi connectivity index (χ0) is 25.3. The number of fused-ring (bicyclic) bond motifs is 1. The van der Waals surface area contributed by atoms with Gasteiger partial charge in [-0.1, -0.05) is 48.5 Å². The van der Waals surface area contributed by atoms with E-state index in [1.807, 2.05) is 54.6 Å². The van der Waals surface area contributed by atoms with E-state index in [1.54, 1.807) is 18.3 Å². The summed E-state index contributed by atoms with van der Waals surface area (Å²) in [5.74, 6) is -0.746. The van der Waals surface area contributed by atoms with Crippen LogP contribution in [-0.4, -0.2) is 41.0 Å². The van der Waals surface area contributed by atoms with Crippen molar-refractivity contribution in [1.82, 2.24) is 10.3 Å². The number of aliphatic carboxylic acids is 1. The Kier molecular flexibility index (Phi) is 8.28. The van der Waals surface area contributed by atoms with Crippen molar-refractivity contribution in [3.63, 3.8) is 0 Å². The molecule has 1 atom stereocenters. The predicted molar refractivity (Wildman–Crippen MR) is 138 cm³/mol. The molecule has 3 aromatic rings. The van der Waals surface area contributed by atoms with Crippen LogP contribution in [0.5, 0.6) is 0 Å². The van der Waals surface area contributed by atoms with Crippen LogP contribution in [0.4, 0.5) is 11.5 Å². The minimum Gasteiger partial charge on any atom is -0.481 e. The summed E-state index contributed by atoms with van der Waals surface area (Å²) < 4.78 is 0. The molecule has 1 aromatic heterocycles. The molecule has 2 aromatic carbocycles. The molecular formula is C28H30N4O4. The number of carboxylic acids is 1. The number of nitrogens with zero attached hydrogens (tertiary/aromatic N) is 2. The van der Waals surface area contributed by atoms with Gasteiger partial charge in [0.05, 0.1) is 6.42 Å². The number of nitrogens with one attached hydrogen (secondary N) is 2. The largest absolute Gasteiger partial charge is 0.481 e. The molecule has 0 radical (unpaired) electrons. The minimum absolute atomic E-state index is 0.0421. The maximum absolute atomic E-state index is 12.8. The molecule has 0 spiro atoms. The summed E-state index contributed by atoms with van der Waals surface area (Å²) in [5, 5.41) is 15.5. The maximum atomic E-state index is 12.8. The lowest BCUT2D eigenvalue weighted by atomic mass is 9.91. The third-order valence-corrected chi connectivity index (χ3v) is 6.30. The number of amides is 2. The zero-order valence-electron chi connectivity index (χ0n) is 20.0. The molecule has 2 amide bonds. The quantitative estimate of drug-likeness (QED) is 0.403. The van der Waals surface area contributed by atoms with Crippen molar-refractivity contribution >= 4 is 29.3 Å². The fourth-order valence-electron chi connectivity index (χ4n) is 4.42. The van der Waals surface area contributed by atoms with Gasteiger partial charge in [0.25, 0.3) is 0 Å². The van der Waals surface area contributed by atoms with Crippen molar-refractivity contribution in [1.29, 1.82) is 0 Å². The van der Waals surface area contributed by atoms with E-state index < -0.39 is 5.97 Å². The van der Waals surface area contributed by atoms with E-state index >= 15 is 0 Å². The summed E-state index contributed by atoms with van der Waals surface area (Å²) in [6.07, 6.45) is 3.21. The molecule has 186 valence electrons. The Morgan fingerprint density at radius 1 is 1.00 bits per heavy atom. The molecule has 0 aliphatic carbocycles. The molecule has 1 aliphatic rings. The van der Waals surface area contributed by atoms with E-state index in [0.717, 1.165) is 29.9 Å². The van der Waals surface area contributed by atoms with Crippen molar-refractivity contribution in [3.05, 3.63) is 89.6 Å². The monoisotopic (exact) mass is 486 g/mol. The van der Waals surface area contributed by atoms with E-state index in [1.165, 1.54) is 10.5 Å². The first-order chi connectivity index (χ1) is 17.5. The molecule has 36 heavy (non-hydrogen) atoms. The second-order valence-electron chi connectivity index (χ2n) is 8.86. The number of rotatable bonds is 10. The molecule has 1 aliphatic heterocycles. The number of anilines is 2. The molecule has 4 rings (SSSR count). The second-order valence-corrected chi connectivity index (χ2v) is 8.86. The fraction of sp³-hybridized carbons (Fsp3) is 0.286. The molecule has 0 bridgehead atoms. The van der Waals surface area contributed by atoms with Crippen LogP contribution >= 0.6 is 0 Å². The SMILES string of the molecule is O=C(O)CC1CCC(=O)N(CC(=O)NCc2ccc(CCNc3ccccn3)cc2)c2ccccc21. The zero-order valence-corrected chi connectivity index (χ0v) is 20.0. The summed E-state index contributed by atoms with van der Waals surface area (Å²) in [6, 6.07) is 21.1. The van der Waals surface area contributed by atoms with Crippen LogP contribution < -0.4 is 15.5 Å². The highest BCUT2D eigenvalue weighted by Gasteiger charge is 2.30. The van der Waals surface area contributed by atoms with E-state index in [9.17, 15) is 19.5 Å². The lowest BCUT2D eigenvalue weighted by Crippen LogP contribution is -2.40. The number of aromatic nitrogens is 1. The van der Waals surface area contributed by atoms with Gasteiger partial charge in [0.15, 0.2) is 0 Å². The number of carboxylic acid groups (broad SMARTS) is 1.